The van der Waals surface area contributed by atoms with Crippen molar-refractivity contribution in [3.8, 4) is 11.1 Å². The third kappa shape index (κ3) is 3.15. The molecule has 86 valence electrons. The molecular formula is C12H11N3OS. The molecule has 0 bridgehead atoms. The number of thiophene rings is 1. The maximum atomic E-state index is 10.4. The van der Waals surface area contributed by atoms with Crippen LogP contribution in [0.2, 0.25) is 0 Å². The quantitative estimate of drug-likeness (QED) is 0.633. The highest BCUT2D eigenvalue weighted by Gasteiger charge is 1.98. The lowest BCUT2D eigenvalue weighted by Gasteiger charge is -1.99. The highest BCUT2D eigenvalue weighted by Crippen LogP contribution is 2.22. The zero-order chi connectivity index (χ0) is 12.1. The molecule has 1 aromatic heterocycles. The first-order valence-electron chi connectivity index (χ1n) is 4.97. The maximum absolute atomic E-state index is 10.4. The molecule has 0 radical (unpaired) electrons. The second-order valence-corrected chi connectivity index (χ2v) is 4.15. The third-order valence-corrected chi connectivity index (χ3v) is 2.81. The smallest absolute Gasteiger partial charge is 0.332 e. The van der Waals surface area contributed by atoms with Crippen LogP contribution in [-0.2, 0) is 0 Å². The summed E-state index contributed by atoms with van der Waals surface area (Å²) in [6.07, 6.45) is 1.56. The van der Waals surface area contributed by atoms with E-state index in [1.54, 1.807) is 17.6 Å². The SMILES string of the molecule is NC(=O)N/N=C/c1cccc(-c2ccsc2)c1. The number of hydrazone groups is 1. The Morgan fingerprint density at radius 1 is 1.35 bits per heavy atom. The minimum absolute atomic E-state index is 0.671. The van der Waals surface area contributed by atoms with E-state index in [4.69, 9.17) is 5.73 Å². The van der Waals surface area contributed by atoms with Crippen molar-refractivity contribution in [3.05, 3.63) is 46.7 Å². The number of nitrogens with two attached hydrogens (primary N) is 1. The number of carbonyl (C=O) groups is 1. The van der Waals surface area contributed by atoms with Gasteiger partial charge in [0.15, 0.2) is 0 Å². The van der Waals surface area contributed by atoms with Gasteiger partial charge < -0.3 is 5.73 Å². The Labute approximate surface area is 103 Å². The van der Waals surface area contributed by atoms with Crippen molar-refractivity contribution in [3.63, 3.8) is 0 Å². The van der Waals surface area contributed by atoms with Gasteiger partial charge in [0.25, 0.3) is 0 Å². The molecule has 17 heavy (non-hydrogen) atoms. The van der Waals surface area contributed by atoms with Gasteiger partial charge in [-0.3, -0.25) is 0 Å². The minimum atomic E-state index is -0.671. The number of amides is 2. The number of hydrogen-bond donors (Lipinski definition) is 2. The van der Waals surface area contributed by atoms with Crippen molar-refractivity contribution >= 4 is 23.6 Å². The van der Waals surface area contributed by atoms with E-state index in [0.717, 1.165) is 11.1 Å². The van der Waals surface area contributed by atoms with Gasteiger partial charge in [-0.2, -0.15) is 16.4 Å². The molecule has 1 aromatic carbocycles. The van der Waals surface area contributed by atoms with E-state index >= 15 is 0 Å². The molecule has 0 unspecified atom stereocenters. The normalized spacial score (nSPS) is 10.6. The molecule has 0 saturated heterocycles. The molecule has 2 amide bonds. The fourth-order valence-corrected chi connectivity index (χ4v) is 2.06. The fourth-order valence-electron chi connectivity index (χ4n) is 1.40. The van der Waals surface area contributed by atoms with Gasteiger partial charge >= 0.3 is 6.03 Å². The molecule has 0 saturated carbocycles. The molecule has 0 aliphatic carbocycles. The van der Waals surface area contributed by atoms with Gasteiger partial charge in [-0.05, 0) is 39.6 Å². The number of hydrogen-bond acceptors (Lipinski definition) is 3. The van der Waals surface area contributed by atoms with Crippen LogP contribution in [0, 0.1) is 0 Å². The predicted molar refractivity (Wildman–Crippen MR) is 70.1 cm³/mol. The van der Waals surface area contributed by atoms with Crippen molar-refractivity contribution in [1.82, 2.24) is 5.43 Å². The topological polar surface area (TPSA) is 67.5 Å². The fraction of sp³-hybridized carbons (Fsp3) is 0. The van der Waals surface area contributed by atoms with E-state index in [-0.39, 0.29) is 0 Å². The van der Waals surface area contributed by atoms with Crippen molar-refractivity contribution in [2.24, 2.45) is 10.8 Å². The highest BCUT2D eigenvalue weighted by molar-refractivity contribution is 7.08. The average Bonchev–Trinajstić information content (AvgIpc) is 2.82. The van der Waals surface area contributed by atoms with Crippen molar-refractivity contribution in [1.29, 1.82) is 0 Å². The van der Waals surface area contributed by atoms with Crippen LogP contribution in [0.1, 0.15) is 5.56 Å². The summed E-state index contributed by atoms with van der Waals surface area (Å²) in [6.45, 7) is 0. The number of rotatable bonds is 3. The lowest BCUT2D eigenvalue weighted by atomic mass is 10.1. The van der Waals surface area contributed by atoms with Crippen LogP contribution < -0.4 is 11.2 Å². The number of urea groups is 1. The van der Waals surface area contributed by atoms with Crippen LogP contribution in [0.15, 0.2) is 46.2 Å². The molecule has 5 heteroatoms. The molecule has 4 nitrogen and oxygen atoms in total. The zero-order valence-corrected chi connectivity index (χ0v) is 9.78. The molecule has 2 rings (SSSR count). The monoisotopic (exact) mass is 245 g/mol. The van der Waals surface area contributed by atoms with Crippen LogP contribution >= 0.6 is 11.3 Å². The van der Waals surface area contributed by atoms with Gasteiger partial charge in [0.05, 0.1) is 6.21 Å². The van der Waals surface area contributed by atoms with Crippen molar-refractivity contribution in [2.45, 2.75) is 0 Å². The van der Waals surface area contributed by atoms with Crippen LogP contribution in [0.3, 0.4) is 0 Å². The number of nitrogens with one attached hydrogen (secondary N) is 1. The number of nitrogens with zero attached hydrogens (tertiary/aromatic N) is 1. The van der Waals surface area contributed by atoms with E-state index < -0.39 is 6.03 Å². The van der Waals surface area contributed by atoms with E-state index in [1.165, 1.54) is 5.56 Å². The maximum Gasteiger partial charge on any atom is 0.332 e. The second kappa shape index (κ2) is 5.27. The molecule has 1 heterocycles. The molecule has 3 N–H and O–H groups in total. The zero-order valence-electron chi connectivity index (χ0n) is 8.96. The van der Waals surface area contributed by atoms with E-state index in [2.05, 4.69) is 22.0 Å². The minimum Gasteiger partial charge on any atom is -0.350 e. The lowest BCUT2D eigenvalue weighted by Crippen LogP contribution is -2.24. The summed E-state index contributed by atoms with van der Waals surface area (Å²) in [4.78, 5) is 10.4. The first-order valence-corrected chi connectivity index (χ1v) is 5.91. The van der Waals surface area contributed by atoms with Gasteiger partial charge in [0.1, 0.15) is 0 Å². The van der Waals surface area contributed by atoms with Gasteiger partial charge in [0, 0.05) is 0 Å². The largest absolute Gasteiger partial charge is 0.350 e. The predicted octanol–water partition coefficient (Wildman–Crippen LogP) is 2.42. The second-order valence-electron chi connectivity index (χ2n) is 3.37. The van der Waals surface area contributed by atoms with Crippen LogP contribution in [0.4, 0.5) is 4.79 Å². The van der Waals surface area contributed by atoms with Crippen LogP contribution in [-0.4, -0.2) is 12.2 Å². The average molecular weight is 245 g/mol. The van der Waals surface area contributed by atoms with Crippen LogP contribution in [0.25, 0.3) is 11.1 Å². The van der Waals surface area contributed by atoms with Gasteiger partial charge in [-0.15, -0.1) is 0 Å². The summed E-state index contributed by atoms with van der Waals surface area (Å²) < 4.78 is 0. The Morgan fingerprint density at radius 3 is 2.94 bits per heavy atom. The Hall–Kier alpha value is -2.14. The Bertz CT molecular complexity index is 534. The van der Waals surface area contributed by atoms with Crippen molar-refractivity contribution < 1.29 is 4.79 Å². The molecule has 2 aromatic rings. The van der Waals surface area contributed by atoms with E-state index in [1.807, 2.05) is 29.6 Å². The summed E-state index contributed by atoms with van der Waals surface area (Å²) in [5, 5.41) is 7.83. The molecule has 0 aliphatic rings. The molecule has 0 spiro atoms. The number of carbonyl (C=O) groups excluding carboxylic acids is 1. The van der Waals surface area contributed by atoms with E-state index in [9.17, 15) is 4.79 Å². The first kappa shape index (κ1) is 11.3. The Morgan fingerprint density at radius 2 is 2.24 bits per heavy atom. The summed E-state index contributed by atoms with van der Waals surface area (Å²) in [5.74, 6) is 0. The molecule has 0 aliphatic heterocycles. The van der Waals surface area contributed by atoms with Crippen LogP contribution in [0.5, 0.6) is 0 Å². The number of benzene rings is 1. The summed E-state index contributed by atoms with van der Waals surface area (Å²) in [7, 11) is 0. The Kier molecular flexibility index (Phi) is 3.52. The summed E-state index contributed by atoms with van der Waals surface area (Å²) in [5.41, 5.74) is 10.3. The summed E-state index contributed by atoms with van der Waals surface area (Å²) in [6, 6.07) is 9.26. The highest BCUT2D eigenvalue weighted by atomic mass is 32.1. The molecule has 0 atom stereocenters. The molecule has 0 fully saturated rings. The van der Waals surface area contributed by atoms with Gasteiger partial charge in [-0.1, -0.05) is 18.2 Å². The van der Waals surface area contributed by atoms with Gasteiger partial charge in [0.2, 0.25) is 0 Å². The van der Waals surface area contributed by atoms with Crippen molar-refractivity contribution in [2.75, 3.05) is 0 Å². The lowest BCUT2D eigenvalue weighted by molar-refractivity contribution is 0.249. The summed E-state index contributed by atoms with van der Waals surface area (Å²) >= 11 is 1.65. The Balaban J connectivity index is 2.17. The van der Waals surface area contributed by atoms with Gasteiger partial charge in [-0.25, -0.2) is 10.2 Å². The van der Waals surface area contributed by atoms with E-state index in [0.29, 0.717) is 0 Å². The first-order chi connectivity index (χ1) is 8.25. The standard InChI is InChI=1S/C12H11N3OS/c13-12(16)15-14-7-9-2-1-3-10(6-9)11-4-5-17-8-11/h1-8H,(H3,13,15,16)/b14-7+. The third-order valence-electron chi connectivity index (χ3n) is 2.13. The number of primary amides is 1. The molecular weight excluding hydrogens is 234 g/mol.